The molecule has 0 amide bonds. The molecule has 5 N–H and O–H groups in total. The lowest BCUT2D eigenvalue weighted by Gasteiger charge is -1.70. The Hall–Kier alpha value is 0.690. The van der Waals surface area contributed by atoms with Crippen LogP contribution in [0.1, 0.15) is 13.3 Å². The highest BCUT2D eigenvalue weighted by Crippen LogP contribution is 1.57. The van der Waals surface area contributed by atoms with E-state index in [4.69, 9.17) is 5.73 Å². The molecule has 0 aliphatic heterocycles. The highest BCUT2D eigenvalue weighted by atomic mass is 79.9. The largest absolute Gasteiger partial charge is 0.344 e. The first kappa shape index (κ1) is 25.3. The summed E-state index contributed by atoms with van der Waals surface area (Å²) in [4.78, 5) is 0. The molecule has 0 heterocycles. The molecule has 2 nitrogen and oxygen atoms in total. The van der Waals surface area contributed by atoms with Gasteiger partial charge in [0.2, 0.25) is 0 Å². The molecule has 0 aromatic heterocycles. The van der Waals surface area contributed by atoms with Crippen molar-refractivity contribution in [3.05, 3.63) is 0 Å². The van der Waals surface area contributed by atoms with Crippen molar-refractivity contribution in [1.82, 2.24) is 6.15 Å². The van der Waals surface area contributed by atoms with E-state index < -0.39 is 0 Å². The molecule has 0 aliphatic carbocycles. The van der Waals surface area contributed by atoms with Gasteiger partial charge >= 0.3 is 0 Å². The molecule has 0 fully saturated rings. The van der Waals surface area contributed by atoms with Gasteiger partial charge in [-0.25, -0.2) is 0 Å². The summed E-state index contributed by atoms with van der Waals surface area (Å²) in [6.07, 6.45) is 1.10. The van der Waals surface area contributed by atoms with E-state index in [0.717, 1.165) is 13.0 Å². The van der Waals surface area contributed by atoms with Crippen molar-refractivity contribution in [3.8, 4) is 0 Å². The Morgan fingerprint density at radius 1 is 1.43 bits per heavy atom. The van der Waals surface area contributed by atoms with Crippen molar-refractivity contribution in [1.29, 1.82) is 0 Å². The van der Waals surface area contributed by atoms with Gasteiger partial charge in [0.1, 0.15) is 0 Å². The SMILES string of the molecule is Br.CCCN.Cl.N. The highest BCUT2D eigenvalue weighted by molar-refractivity contribution is 8.93. The molecule has 0 aromatic carbocycles. The Kier molecular flexibility index (Phi) is 108. The predicted molar refractivity (Wildman–Crippen MR) is 41.9 cm³/mol. The summed E-state index contributed by atoms with van der Waals surface area (Å²) >= 11 is 0. The summed E-state index contributed by atoms with van der Waals surface area (Å²) in [5, 5.41) is 0. The predicted octanol–water partition coefficient (Wildman–Crippen LogP) is 1.52. The lowest BCUT2D eigenvalue weighted by atomic mass is 10.5. The quantitative estimate of drug-likeness (QED) is 0.663. The second kappa shape index (κ2) is 29.9. The first-order chi connectivity index (χ1) is 1.91. The van der Waals surface area contributed by atoms with Crippen LogP contribution in [0.25, 0.3) is 0 Å². The van der Waals surface area contributed by atoms with Gasteiger partial charge in [0.05, 0.1) is 0 Å². The molecular formula is C3H14BrClN2. The molecule has 0 aliphatic rings. The van der Waals surface area contributed by atoms with Crippen LogP contribution in [0.3, 0.4) is 0 Å². The van der Waals surface area contributed by atoms with E-state index in [1.165, 1.54) is 0 Å². The summed E-state index contributed by atoms with van der Waals surface area (Å²) in [5.41, 5.74) is 5.03. The number of rotatable bonds is 1. The molecule has 7 heavy (non-hydrogen) atoms. The Morgan fingerprint density at radius 3 is 1.57 bits per heavy atom. The monoisotopic (exact) mass is 192 g/mol. The van der Waals surface area contributed by atoms with Crippen molar-refractivity contribution in [2.75, 3.05) is 6.54 Å². The molecule has 0 aromatic rings. The molecule has 0 unspecified atom stereocenters. The zero-order valence-electron chi connectivity index (χ0n) is 4.52. The summed E-state index contributed by atoms with van der Waals surface area (Å²) in [5.74, 6) is 0. The van der Waals surface area contributed by atoms with Crippen LogP contribution in [-0.2, 0) is 0 Å². The van der Waals surface area contributed by atoms with Crippen molar-refractivity contribution in [2.45, 2.75) is 13.3 Å². The van der Waals surface area contributed by atoms with E-state index in [9.17, 15) is 0 Å². The Bertz CT molecular complexity index is 14.9. The summed E-state index contributed by atoms with van der Waals surface area (Å²) < 4.78 is 0. The van der Waals surface area contributed by atoms with E-state index in [2.05, 4.69) is 6.92 Å². The number of nitrogens with two attached hydrogens (primary N) is 1. The van der Waals surface area contributed by atoms with Crippen LogP contribution in [0.2, 0.25) is 0 Å². The standard InChI is InChI=1S/C3H9N.BrH.ClH.H3N/c1-2-3-4;;;/h2-4H2,1H3;2*1H;1H3. The zero-order valence-corrected chi connectivity index (χ0v) is 7.04. The molecule has 0 bridgehead atoms. The van der Waals surface area contributed by atoms with Crippen LogP contribution in [0.15, 0.2) is 0 Å². The lowest BCUT2D eigenvalue weighted by Crippen LogP contribution is -1.93. The highest BCUT2D eigenvalue weighted by Gasteiger charge is 1.55. The first-order valence-electron chi connectivity index (χ1n) is 1.62. The van der Waals surface area contributed by atoms with Crippen LogP contribution in [0, 0.1) is 0 Å². The fourth-order valence-corrected chi connectivity index (χ4v) is 0. The Morgan fingerprint density at radius 2 is 1.57 bits per heavy atom. The van der Waals surface area contributed by atoms with E-state index in [0.29, 0.717) is 0 Å². The van der Waals surface area contributed by atoms with Crippen molar-refractivity contribution in [3.63, 3.8) is 0 Å². The van der Waals surface area contributed by atoms with Crippen LogP contribution in [-0.4, -0.2) is 6.54 Å². The van der Waals surface area contributed by atoms with Gasteiger partial charge in [-0.15, -0.1) is 29.4 Å². The average Bonchev–Trinajstić information content (AvgIpc) is 1.37. The van der Waals surface area contributed by atoms with Gasteiger partial charge in [-0.05, 0) is 13.0 Å². The van der Waals surface area contributed by atoms with E-state index in [1.807, 2.05) is 0 Å². The molecular weight excluding hydrogens is 179 g/mol. The lowest BCUT2D eigenvalue weighted by molar-refractivity contribution is 0.932. The molecule has 0 radical (unpaired) electrons. The van der Waals surface area contributed by atoms with Gasteiger partial charge in [-0.2, -0.15) is 0 Å². The van der Waals surface area contributed by atoms with Gasteiger partial charge in [-0.1, -0.05) is 6.92 Å². The van der Waals surface area contributed by atoms with Crippen LogP contribution in [0.5, 0.6) is 0 Å². The summed E-state index contributed by atoms with van der Waals surface area (Å²) in [6.45, 7) is 2.88. The van der Waals surface area contributed by atoms with Crippen LogP contribution >= 0.6 is 29.4 Å². The maximum Gasteiger partial charge on any atom is -0.00799 e. The molecule has 4 heteroatoms. The van der Waals surface area contributed by atoms with Gasteiger partial charge in [-0.3, -0.25) is 0 Å². The van der Waals surface area contributed by atoms with Crippen molar-refractivity contribution in [2.24, 2.45) is 5.73 Å². The van der Waals surface area contributed by atoms with Crippen molar-refractivity contribution >= 4 is 29.4 Å². The zero-order chi connectivity index (χ0) is 3.41. The fraction of sp³-hybridized carbons (Fsp3) is 1.00. The maximum absolute atomic E-state index is 5.03. The third kappa shape index (κ3) is 51.5. The molecule has 0 saturated heterocycles. The fourth-order valence-electron chi connectivity index (χ4n) is 0. The van der Waals surface area contributed by atoms with E-state index in [-0.39, 0.29) is 35.5 Å². The summed E-state index contributed by atoms with van der Waals surface area (Å²) in [6, 6.07) is 0. The topological polar surface area (TPSA) is 61.0 Å². The molecule has 0 spiro atoms. The smallest absolute Gasteiger partial charge is 0.00799 e. The first-order valence-corrected chi connectivity index (χ1v) is 1.62. The maximum atomic E-state index is 5.03. The van der Waals surface area contributed by atoms with Gasteiger partial charge in [0.15, 0.2) is 0 Å². The number of hydrogen-bond donors (Lipinski definition) is 2. The second-order valence-electron chi connectivity index (χ2n) is 0.789. The third-order valence-electron chi connectivity index (χ3n) is 0.289. The molecule has 0 atom stereocenters. The minimum absolute atomic E-state index is 0. The molecule has 50 valence electrons. The van der Waals surface area contributed by atoms with E-state index >= 15 is 0 Å². The van der Waals surface area contributed by atoms with Crippen molar-refractivity contribution < 1.29 is 0 Å². The number of hydrogen-bond acceptors (Lipinski definition) is 2. The van der Waals surface area contributed by atoms with Crippen LogP contribution in [0.4, 0.5) is 0 Å². The minimum Gasteiger partial charge on any atom is -0.344 e. The van der Waals surface area contributed by atoms with E-state index in [1.54, 1.807) is 0 Å². The Labute approximate surface area is 61.6 Å². The Balaban J connectivity index is -0.0000000150. The second-order valence-corrected chi connectivity index (χ2v) is 0.789. The molecule has 0 rings (SSSR count). The normalized spacial score (nSPS) is 4.29. The van der Waals surface area contributed by atoms with Crippen LogP contribution < -0.4 is 11.9 Å². The van der Waals surface area contributed by atoms with Gasteiger partial charge in [0, 0.05) is 0 Å². The average molecular weight is 194 g/mol. The third-order valence-corrected chi connectivity index (χ3v) is 0.289. The summed E-state index contributed by atoms with van der Waals surface area (Å²) in [7, 11) is 0. The molecule has 0 saturated carbocycles. The number of halogens is 2. The minimum atomic E-state index is 0. The van der Waals surface area contributed by atoms with Gasteiger partial charge in [0.25, 0.3) is 0 Å². The van der Waals surface area contributed by atoms with Gasteiger partial charge < -0.3 is 11.9 Å².